The monoisotopic (exact) mass is 536 g/mol. The highest BCUT2D eigenvalue weighted by Gasteiger charge is 2.34. The highest BCUT2D eigenvalue weighted by molar-refractivity contribution is 6.32. The van der Waals surface area contributed by atoms with Crippen LogP contribution in [0.1, 0.15) is 34.5 Å². The molecule has 3 aromatic rings. The van der Waals surface area contributed by atoms with Gasteiger partial charge < -0.3 is 20.1 Å². The maximum absolute atomic E-state index is 13.2. The number of amides is 1. The molecule has 4 rings (SSSR count). The molecule has 2 N–H and O–H groups in total. The van der Waals surface area contributed by atoms with E-state index in [1.165, 1.54) is 19.1 Å². The number of halogens is 4. The molecule has 1 amide bonds. The van der Waals surface area contributed by atoms with Gasteiger partial charge in [0.15, 0.2) is 5.75 Å². The van der Waals surface area contributed by atoms with Gasteiger partial charge in [0.25, 0.3) is 11.6 Å². The Morgan fingerprint density at radius 3 is 2.54 bits per heavy atom. The van der Waals surface area contributed by atoms with Gasteiger partial charge in [-0.15, -0.1) is 0 Å². The molecule has 1 saturated heterocycles. The normalized spacial score (nSPS) is 13.5. The lowest BCUT2D eigenvalue weighted by Crippen LogP contribution is -2.19. The van der Waals surface area contributed by atoms with Gasteiger partial charge in [-0.3, -0.25) is 14.9 Å². The van der Waals surface area contributed by atoms with Crippen molar-refractivity contribution in [3.05, 3.63) is 74.4 Å². The average molecular weight is 537 g/mol. The van der Waals surface area contributed by atoms with Crippen LogP contribution >= 0.6 is 11.6 Å². The Morgan fingerprint density at radius 1 is 1.19 bits per heavy atom. The average Bonchev–Trinajstić information content (AvgIpc) is 3.36. The number of non-ortho nitro benzene ring substituents is 1. The van der Waals surface area contributed by atoms with Crippen molar-refractivity contribution in [2.45, 2.75) is 25.9 Å². The largest absolute Gasteiger partial charge is 0.507 e. The number of alkyl halides is 3. The van der Waals surface area contributed by atoms with Gasteiger partial charge in [-0.1, -0.05) is 11.6 Å². The number of aromatic nitrogens is 1. The summed E-state index contributed by atoms with van der Waals surface area (Å²) in [5.41, 5.74) is -1.07. The van der Waals surface area contributed by atoms with E-state index >= 15 is 0 Å². The maximum Gasteiger partial charge on any atom is 0.418 e. The van der Waals surface area contributed by atoms with E-state index in [0.717, 1.165) is 37.1 Å². The third-order valence-electron chi connectivity index (χ3n) is 5.75. The third kappa shape index (κ3) is 5.69. The first-order valence-electron chi connectivity index (χ1n) is 11.0. The number of nitrogens with zero attached hydrogens (tertiary/aromatic N) is 3. The first kappa shape index (κ1) is 26.0. The van der Waals surface area contributed by atoms with Crippen molar-refractivity contribution in [1.82, 2.24) is 4.98 Å². The molecule has 1 aliphatic rings. The van der Waals surface area contributed by atoms with Crippen molar-refractivity contribution in [2.75, 3.05) is 23.3 Å². The minimum Gasteiger partial charge on any atom is -0.507 e. The number of carbonyl (C=O) groups excluding carboxylic acids is 1. The fraction of sp³-hybridized carbons (Fsp3) is 0.250. The first-order valence-corrected chi connectivity index (χ1v) is 11.4. The van der Waals surface area contributed by atoms with E-state index in [2.05, 4.69) is 10.3 Å². The van der Waals surface area contributed by atoms with Crippen molar-refractivity contribution in [1.29, 1.82) is 0 Å². The summed E-state index contributed by atoms with van der Waals surface area (Å²) >= 11 is 6.06. The van der Waals surface area contributed by atoms with Crippen LogP contribution in [0.15, 0.2) is 42.5 Å². The van der Waals surface area contributed by atoms with Gasteiger partial charge in [-0.25, -0.2) is 4.98 Å². The lowest BCUT2D eigenvalue weighted by Gasteiger charge is -2.22. The second kappa shape index (κ2) is 10.1. The summed E-state index contributed by atoms with van der Waals surface area (Å²) in [6, 6.07) is 8.43. The third-order valence-corrected chi connectivity index (χ3v) is 6.02. The number of ether oxygens (including phenoxy) is 1. The number of nitrogens with one attached hydrogen (secondary N) is 1. The van der Waals surface area contributed by atoms with Gasteiger partial charge in [0.1, 0.15) is 10.8 Å². The lowest BCUT2D eigenvalue weighted by molar-refractivity contribution is -0.384. The van der Waals surface area contributed by atoms with Crippen molar-refractivity contribution in [3.8, 4) is 17.4 Å². The molecule has 194 valence electrons. The van der Waals surface area contributed by atoms with Gasteiger partial charge in [-0.2, -0.15) is 13.2 Å². The molecular weight excluding hydrogens is 517 g/mol. The Kier molecular flexibility index (Phi) is 7.12. The Hall–Kier alpha value is -4.06. The van der Waals surface area contributed by atoms with Crippen LogP contribution in [0.3, 0.4) is 0 Å². The molecule has 13 heteroatoms. The summed E-state index contributed by atoms with van der Waals surface area (Å²) in [5.74, 6) is -1.15. The number of nitro groups is 1. The number of pyridine rings is 1. The SMILES string of the molecule is Cc1nc(Oc2ccc(NC(=O)c3cc([N+](=O)[O-])ccc3O)cc2N2CCCC2)c(Cl)cc1C(F)(F)F. The van der Waals surface area contributed by atoms with Crippen LogP contribution < -0.4 is 15.0 Å². The molecule has 1 aliphatic heterocycles. The zero-order chi connectivity index (χ0) is 26.9. The fourth-order valence-corrected chi connectivity index (χ4v) is 4.12. The summed E-state index contributed by atoms with van der Waals surface area (Å²) in [6.45, 7) is 2.55. The van der Waals surface area contributed by atoms with Crippen LogP contribution in [0.4, 0.5) is 30.2 Å². The van der Waals surface area contributed by atoms with E-state index in [4.69, 9.17) is 16.3 Å². The molecule has 0 atom stereocenters. The molecule has 0 saturated carbocycles. The van der Waals surface area contributed by atoms with Crippen LogP contribution in [0, 0.1) is 17.0 Å². The number of hydrogen-bond donors (Lipinski definition) is 2. The summed E-state index contributed by atoms with van der Waals surface area (Å²) in [7, 11) is 0. The lowest BCUT2D eigenvalue weighted by atomic mass is 10.1. The van der Waals surface area contributed by atoms with Crippen LogP contribution in [0.5, 0.6) is 17.4 Å². The molecule has 2 aromatic carbocycles. The number of anilines is 2. The molecule has 0 radical (unpaired) electrons. The van der Waals surface area contributed by atoms with Crippen LogP contribution in [-0.2, 0) is 6.18 Å². The second-order valence-corrected chi connectivity index (χ2v) is 8.70. The van der Waals surface area contributed by atoms with Crippen LogP contribution in [0.2, 0.25) is 5.02 Å². The number of aryl methyl sites for hydroxylation is 1. The highest BCUT2D eigenvalue weighted by atomic mass is 35.5. The summed E-state index contributed by atoms with van der Waals surface area (Å²) in [6.07, 6.45) is -2.82. The molecule has 2 heterocycles. The number of carbonyl (C=O) groups is 1. The molecular formula is C24H20ClF3N4O5. The summed E-state index contributed by atoms with van der Waals surface area (Å²) in [4.78, 5) is 29.0. The number of hydrogen-bond acceptors (Lipinski definition) is 7. The second-order valence-electron chi connectivity index (χ2n) is 8.30. The number of aromatic hydroxyl groups is 1. The Labute approximate surface area is 213 Å². The Morgan fingerprint density at radius 2 is 1.89 bits per heavy atom. The zero-order valence-electron chi connectivity index (χ0n) is 19.3. The smallest absolute Gasteiger partial charge is 0.418 e. The minimum atomic E-state index is -4.62. The van der Waals surface area contributed by atoms with Crippen molar-refractivity contribution >= 4 is 34.6 Å². The predicted molar refractivity (Wildman–Crippen MR) is 130 cm³/mol. The summed E-state index contributed by atoms with van der Waals surface area (Å²) in [5, 5.41) is 23.3. The van der Waals surface area contributed by atoms with E-state index in [9.17, 15) is 33.2 Å². The van der Waals surface area contributed by atoms with Crippen LogP contribution in [-0.4, -0.2) is 34.0 Å². The molecule has 1 aromatic heterocycles. The van der Waals surface area contributed by atoms with E-state index in [-0.39, 0.29) is 33.6 Å². The van der Waals surface area contributed by atoms with Gasteiger partial charge in [-0.05, 0) is 50.1 Å². The first-order chi connectivity index (χ1) is 17.4. The van der Waals surface area contributed by atoms with Crippen molar-refractivity contribution < 1.29 is 32.7 Å². The number of nitro benzene ring substituents is 1. The molecule has 0 aliphatic carbocycles. The van der Waals surface area contributed by atoms with Crippen molar-refractivity contribution in [2.24, 2.45) is 0 Å². The number of rotatable bonds is 6. The molecule has 0 bridgehead atoms. The standard InChI is InChI=1S/C24H20ClF3N4O5/c1-13-17(24(26,27)28)12-18(25)23(29-13)37-21-7-4-14(10-19(21)31-8-2-3-9-31)30-22(34)16-11-15(32(35)36)5-6-20(16)33/h4-7,10-12,33H,2-3,8-9H2,1H3,(H,30,34). The maximum atomic E-state index is 13.2. The number of benzene rings is 2. The molecule has 37 heavy (non-hydrogen) atoms. The molecule has 9 nitrogen and oxygen atoms in total. The Bertz CT molecular complexity index is 1380. The quantitative estimate of drug-likeness (QED) is 0.279. The van der Waals surface area contributed by atoms with E-state index in [0.29, 0.717) is 24.5 Å². The highest BCUT2D eigenvalue weighted by Crippen LogP contribution is 2.40. The van der Waals surface area contributed by atoms with Gasteiger partial charge in [0.05, 0.1) is 27.4 Å². The van der Waals surface area contributed by atoms with Crippen molar-refractivity contribution in [3.63, 3.8) is 0 Å². The van der Waals surface area contributed by atoms with E-state index < -0.39 is 28.3 Å². The zero-order valence-corrected chi connectivity index (χ0v) is 20.1. The van der Waals surface area contributed by atoms with Crippen LogP contribution in [0.25, 0.3) is 0 Å². The Balaban J connectivity index is 1.65. The summed E-state index contributed by atoms with van der Waals surface area (Å²) < 4.78 is 45.4. The van der Waals surface area contributed by atoms with E-state index in [1.54, 1.807) is 6.07 Å². The minimum absolute atomic E-state index is 0.203. The molecule has 0 spiro atoms. The fourth-order valence-electron chi connectivity index (χ4n) is 3.93. The number of phenols is 1. The molecule has 0 unspecified atom stereocenters. The number of phenolic OH excluding ortho intramolecular Hbond substituents is 1. The van der Waals surface area contributed by atoms with Gasteiger partial charge in [0.2, 0.25) is 5.88 Å². The topological polar surface area (TPSA) is 118 Å². The molecule has 1 fully saturated rings. The predicted octanol–water partition coefficient (Wildman–Crippen LogP) is 6.32. The van der Waals surface area contributed by atoms with Gasteiger partial charge in [0, 0.05) is 30.9 Å². The van der Waals surface area contributed by atoms with E-state index in [1.807, 2.05) is 4.90 Å². The van der Waals surface area contributed by atoms with Gasteiger partial charge >= 0.3 is 6.18 Å².